The van der Waals surface area contributed by atoms with Crippen LogP contribution in [0.25, 0.3) is 0 Å². The van der Waals surface area contributed by atoms with Gasteiger partial charge < -0.3 is 5.32 Å². The van der Waals surface area contributed by atoms with Crippen LogP contribution in [0.1, 0.15) is 24.2 Å². The summed E-state index contributed by atoms with van der Waals surface area (Å²) in [5.74, 6) is 2.33. The van der Waals surface area contributed by atoms with Crippen LogP contribution in [0, 0.1) is 12.3 Å². The lowest BCUT2D eigenvalue weighted by Gasteiger charge is -2.19. The molecule has 1 aromatic rings. The molecule has 15 heavy (non-hydrogen) atoms. The molecule has 0 atom stereocenters. The molecule has 0 radical (unpaired) electrons. The van der Waals surface area contributed by atoms with E-state index in [0.29, 0.717) is 5.56 Å². The highest BCUT2D eigenvalue weighted by Crippen LogP contribution is 2.09. The Labute approximate surface area is 95.5 Å². The Balaban J connectivity index is 2.79. The van der Waals surface area contributed by atoms with Gasteiger partial charge in [-0.25, -0.2) is 0 Å². The molecule has 1 N–H and O–H groups in total. The molecule has 0 aliphatic carbocycles. The van der Waals surface area contributed by atoms with Gasteiger partial charge in [0.05, 0.1) is 5.54 Å². The lowest BCUT2D eigenvalue weighted by atomic mass is 10.1. The summed E-state index contributed by atoms with van der Waals surface area (Å²) in [6, 6.07) is 6.95. The zero-order chi connectivity index (χ0) is 11.5. The number of benzene rings is 1. The van der Waals surface area contributed by atoms with Crippen LogP contribution in [0.2, 0.25) is 0 Å². The maximum absolute atomic E-state index is 11.7. The first-order valence-corrected chi connectivity index (χ1v) is 4.98. The Morgan fingerprint density at radius 1 is 1.40 bits per heavy atom. The molecule has 2 nitrogen and oxygen atoms in total. The highest BCUT2D eigenvalue weighted by molar-refractivity contribution is 7.80. The molecule has 0 aliphatic heterocycles. The normalized spacial score (nSPS) is 10.5. The Kier molecular flexibility index (Phi) is 3.43. The van der Waals surface area contributed by atoms with Gasteiger partial charge in [0.15, 0.2) is 0 Å². The zero-order valence-corrected chi connectivity index (χ0v) is 9.64. The SMILES string of the molecule is C#CC(C)(C)NC(=O)c1ccc(S)cc1. The summed E-state index contributed by atoms with van der Waals surface area (Å²) in [7, 11) is 0. The summed E-state index contributed by atoms with van der Waals surface area (Å²) in [5, 5.41) is 2.74. The van der Waals surface area contributed by atoms with Gasteiger partial charge in [0, 0.05) is 10.5 Å². The number of carbonyl (C=O) groups is 1. The Morgan fingerprint density at radius 3 is 2.40 bits per heavy atom. The highest BCUT2D eigenvalue weighted by Gasteiger charge is 2.17. The van der Waals surface area contributed by atoms with Gasteiger partial charge in [-0.3, -0.25) is 4.79 Å². The van der Waals surface area contributed by atoms with Gasteiger partial charge in [0.2, 0.25) is 0 Å². The van der Waals surface area contributed by atoms with E-state index in [1.807, 2.05) is 0 Å². The molecule has 3 heteroatoms. The van der Waals surface area contributed by atoms with Gasteiger partial charge >= 0.3 is 0 Å². The molecule has 0 saturated heterocycles. The third-order valence-corrected chi connectivity index (χ3v) is 2.21. The van der Waals surface area contributed by atoms with Crippen molar-refractivity contribution in [2.75, 3.05) is 0 Å². The monoisotopic (exact) mass is 219 g/mol. The molecular formula is C12H13NOS. The second kappa shape index (κ2) is 4.41. The van der Waals surface area contributed by atoms with Crippen LogP contribution in [0.3, 0.4) is 0 Å². The molecular weight excluding hydrogens is 206 g/mol. The van der Waals surface area contributed by atoms with Gasteiger partial charge in [-0.05, 0) is 38.1 Å². The van der Waals surface area contributed by atoms with Crippen molar-refractivity contribution in [2.24, 2.45) is 0 Å². The summed E-state index contributed by atoms with van der Waals surface area (Å²) in [5.41, 5.74) is -0.0485. The first kappa shape index (κ1) is 11.7. The van der Waals surface area contributed by atoms with Crippen LogP contribution in [0.5, 0.6) is 0 Å². The Hall–Kier alpha value is -1.40. The van der Waals surface area contributed by atoms with Crippen molar-refractivity contribution in [1.29, 1.82) is 0 Å². The van der Waals surface area contributed by atoms with Gasteiger partial charge in [-0.2, -0.15) is 0 Å². The second-order valence-electron chi connectivity index (χ2n) is 3.77. The predicted molar refractivity (Wildman–Crippen MR) is 64.1 cm³/mol. The number of nitrogens with one attached hydrogen (secondary N) is 1. The maximum atomic E-state index is 11.7. The summed E-state index contributed by atoms with van der Waals surface area (Å²) >= 11 is 4.14. The van der Waals surface area contributed by atoms with Crippen LogP contribution in [0.15, 0.2) is 29.2 Å². The molecule has 0 heterocycles. The van der Waals surface area contributed by atoms with Gasteiger partial charge in [0.25, 0.3) is 5.91 Å². The van der Waals surface area contributed by atoms with Crippen LogP contribution >= 0.6 is 12.6 Å². The number of thiol groups is 1. The minimum absolute atomic E-state index is 0.175. The fraction of sp³-hybridized carbons (Fsp3) is 0.250. The summed E-state index contributed by atoms with van der Waals surface area (Å²) < 4.78 is 0. The van der Waals surface area contributed by atoms with Crippen molar-refractivity contribution < 1.29 is 4.79 Å². The fourth-order valence-electron chi connectivity index (χ4n) is 1.00. The van der Waals surface area contributed by atoms with Crippen molar-refractivity contribution in [1.82, 2.24) is 5.32 Å². The van der Waals surface area contributed by atoms with E-state index in [9.17, 15) is 4.79 Å². The van der Waals surface area contributed by atoms with E-state index in [4.69, 9.17) is 6.42 Å². The van der Waals surface area contributed by atoms with E-state index in [-0.39, 0.29) is 5.91 Å². The van der Waals surface area contributed by atoms with Gasteiger partial charge in [-0.1, -0.05) is 5.92 Å². The number of carbonyl (C=O) groups excluding carboxylic acids is 1. The lowest BCUT2D eigenvalue weighted by Crippen LogP contribution is -2.42. The van der Waals surface area contributed by atoms with Crippen LogP contribution in [0.4, 0.5) is 0 Å². The molecule has 78 valence electrons. The number of amides is 1. The van der Waals surface area contributed by atoms with E-state index in [0.717, 1.165) is 4.90 Å². The minimum atomic E-state index is -0.628. The Morgan fingerprint density at radius 2 is 1.93 bits per heavy atom. The first-order chi connectivity index (χ1) is 6.94. The first-order valence-electron chi connectivity index (χ1n) is 4.54. The maximum Gasteiger partial charge on any atom is 0.252 e. The molecule has 1 amide bonds. The summed E-state index contributed by atoms with van der Waals surface area (Å²) in [4.78, 5) is 12.5. The van der Waals surface area contributed by atoms with Crippen LogP contribution in [-0.2, 0) is 0 Å². The zero-order valence-electron chi connectivity index (χ0n) is 8.74. The quantitative estimate of drug-likeness (QED) is 0.579. The molecule has 0 aromatic heterocycles. The van der Waals surface area contributed by atoms with Gasteiger partial charge in [-0.15, -0.1) is 19.1 Å². The van der Waals surface area contributed by atoms with Crippen LogP contribution < -0.4 is 5.32 Å². The van der Waals surface area contributed by atoms with Crippen molar-refractivity contribution in [3.63, 3.8) is 0 Å². The molecule has 0 unspecified atom stereocenters. The highest BCUT2D eigenvalue weighted by atomic mass is 32.1. The van der Waals surface area contributed by atoms with E-state index in [2.05, 4.69) is 23.9 Å². The van der Waals surface area contributed by atoms with Crippen molar-refractivity contribution >= 4 is 18.5 Å². The number of hydrogen-bond acceptors (Lipinski definition) is 2. The second-order valence-corrected chi connectivity index (χ2v) is 4.29. The number of hydrogen-bond donors (Lipinski definition) is 2. The van der Waals surface area contributed by atoms with Crippen molar-refractivity contribution in [3.05, 3.63) is 29.8 Å². The average molecular weight is 219 g/mol. The molecule has 0 spiro atoms. The number of terminal acetylenes is 1. The molecule has 0 fully saturated rings. The fourth-order valence-corrected chi connectivity index (χ4v) is 1.15. The molecule has 0 saturated carbocycles. The van der Waals surface area contributed by atoms with E-state index in [1.165, 1.54) is 0 Å². The lowest BCUT2D eigenvalue weighted by molar-refractivity contribution is 0.0930. The van der Waals surface area contributed by atoms with Crippen LogP contribution in [-0.4, -0.2) is 11.4 Å². The Bertz CT molecular complexity index is 401. The smallest absolute Gasteiger partial charge is 0.252 e. The predicted octanol–water partition coefficient (Wildman–Crippen LogP) is 2.12. The third-order valence-electron chi connectivity index (χ3n) is 1.92. The minimum Gasteiger partial charge on any atom is -0.336 e. The van der Waals surface area contributed by atoms with E-state index in [1.54, 1.807) is 38.1 Å². The molecule has 1 aromatic carbocycles. The largest absolute Gasteiger partial charge is 0.336 e. The summed E-state index contributed by atoms with van der Waals surface area (Å²) in [6.07, 6.45) is 5.28. The topological polar surface area (TPSA) is 29.1 Å². The standard InChI is InChI=1S/C12H13NOS/c1-4-12(2,3)13-11(14)9-5-7-10(15)8-6-9/h1,5-8,15H,2-3H3,(H,13,14). The van der Waals surface area contributed by atoms with E-state index < -0.39 is 5.54 Å². The molecule has 0 bridgehead atoms. The third kappa shape index (κ3) is 3.34. The average Bonchev–Trinajstić information content (AvgIpc) is 2.18. The summed E-state index contributed by atoms with van der Waals surface area (Å²) in [6.45, 7) is 3.55. The van der Waals surface area contributed by atoms with E-state index >= 15 is 0 Å². The molecule has 1 rings (SSSR count). The van der Waals surface area contributed by atoms with Gasteiger partial charge in [0.1, 0.15) is 0 Å². The van der Waals surface area contributed by atoms with Crippen molar-refractivity contribution in [2.45, 2.75) is 24.3 Å². The molecule has 0 aliphatic rings. The van der Waals surface area contributed by atoms with Crippen molar-refractivity contribution in [3.8, 4) is 12.3 Å². The number of rotatable bonds is 2.